The van der Waals surface area contributed by atoms with E-state index < -0.39 is 0 Å². The van der Waals surface area contributed by atoms with Crippen LogP contribution >= 0.6 is 23.2 Å². The van der Waals surface area contributed by atoms with E-state index in [9.17, 15) is 4.79 Å². The number of amides is 1. The molecule has 0 atom stereocenters. The number of nitrogens with zero attached hydrogens (tertiary/aromatic N) is 3. The normalized spacial score (nSPS) is 10.7. The standard InChI is InChI=1S/C13H15Cl2N5O/c1-7-17-8(2)20(19-7)4-3-12(21)18-13-10(15)5-9(14)6-11(13)16/h5-6H,3-4,16H2,1-2H3,(H,18,21). The van der Waals surface area contributed by atoms with Crippen LogP contribution in [0.4, 0.5) is 11.4 Å². The first-order chi connectivity index (χ1) is 9.86. The number of hydrogen-bond donors (Lipinski definition) is 2. The van der Waals surface area contributed by atoms with Crippen LogP contribution in [0.3, 0.4) is 0 Å². The molecule has 0 bridgehead atoms. The maximum Gasteiger partial charge on any atom is 0.226 e. The van der Waals surface area contributed by atoms with Gasteiger partial charge in [-0.25, -0.2) is 9.67 Å². The zero-order valence-corrected chi connectivity index (χ0v) is 13.2. The summed E-state index contributed by atoms with van der Waals surface area (Å²) in [4.78, 5) is 16.1. The molecule has 0 fully saturated rings. The van der Waals surface area contributed by atoms with Crippen molar-refractivity contribution >= 4 is 40.5 Å². The van der Waals surface area contributed by atoms with E-state index in [2.05, 4.69) is 15.4 Å². The Kier molecular flexibility index (Phi) is 4.69. The molecule has 1 aromatic carbocycles. The van der Waals surface area contributed by atoms with Crippen molar-refractivity contribution in [3.05, 3.63) is 33.8 Å². The molecule has 1 aromatic heterocycles. The highest BCUT2D eigenvalue weighted by Gasteiger charge is 2.11. The Morgan fingerprint density at radius 3 is 2.67 bits per heavy atom. The summed E-state index contributed by atoms with van der Waals surface area (Å²) in [7, 11) is 0. The molecule has 0 saturated heterocycles. The van der Waals surface area contributed by atoms with E-state index in [0.29, 0.717) is 33.8 Å². The summed E-state index contributed by atoms with van der Waals surface area (Å²) < 4.78 is 1.68. The number of aryl methyl sites for hydroxylation is 3. The average Bonchev–Trinajstić information content (AvgIpc) is 2.69. The van der Waals surface area contributed by atoms with Gasteiger partial charge in [0, 0.05) is 11.4 Å². The van der Waals surface area contributed by atoms with Crippen molar-refractivity contribution in [1.29, 1.82) is 0 Å². The van der Waals surface area contributed by atoms with Gasteiger partial charge in [-0.1, -0.05) is 23.2 Å². The molecule has 21 heavy (non-hydrogen) atoms. The van der Waals surface area contributed by atoms with E-state index in [1.807, 2.05) is 6.92 Å². The summed E-state index contributed by atoms with van der Waals surface area (Å²) in [6, 6.07) is 3.06. The number of nitrogens with one attached hydrogen (secondary N) is 1. The predicted octanol–water partition coefficient (Wildman–Crippen LogP) is 2.81. The number of nitrogens with two attached hydrogens (primary N) is 1. The topological polar surface area (TPSA) is 85.8 Å². The van der Waals surface area contributed by atoms with Crippen molar-refractivity contribution in [3.63, 3.8) is 0 Å². The molecule has 2 rings (SSSR count). The first-order valence-corrected chi connectivity index (χ1v) is 7.05. The molecule has 1 amide bonds. The van der Waals surface area contributed by atoms with Gasteiger partial charge in [0.15, 0.2) is 0 Å². The van der Waals surface area contributed by atoms with E-state index >= 15 is 0 Å². The number of benzene rings is 1. The van der Waals surface area contributed by atoms with Crippen molar-refractivity contribution in [1.82, 2.24) is 14.8 Å². The third-order valence-electron chi connectivity index (χ3n) is 2.86. The van der Waals surface area contributed by atoms with Crippen molar-refractivity contribution in [3.8, 4) is 0 Å². The third kappa shape index (κ3) is 3.86. The van der Waals surface area contributed by atoms with Gasteiger partial charge in [-0.15, -0.1) is 0 Å². The first kappa shape index (κ1) is 15.6. The molecule has 1 heterocycles. The molecule has 0 aliphatic heterocycles. The lowest BCUT2D eigenvalue weighted by Crippen LogP contribution is -2.16. The molecule has 2 aromatic rings. The quantitative estimate of drug-likeness (QED) is 0.845. The van der Waals surface area contributed by atoms with E-state index in [-0.39, 0.29) is 12.3 Å². The molecule has 6 nitrogen and oxygen atoms in total. The Bertz CT molecular complexity index is 660. The van der Waals surface area contributed by atoms with Crippen LogP contribution in [-0.4, -0.2) is 20.7 Å². The monoisotopic (exact) mass is 327 g/mol. The number of halogens is 2. The lowest BCUT2D eigenvalue weighted by molar-refractivity contribution is -0.116. The Balaban J connectivity index is 2.01. The molecular weight excluding hydrogens is 313 g/mol. The zero-order valence-electron chi connectivity index (χ0n) is 11.7. The maximum atomic E-state index is 12.0. The number of hydrogen-bond acceptors (Lipinski definition) is 4. The summed E-state index contributed by atoms with van der Waals surface area (Å²) >= 11 is 11.8. The number of aromatic nitrogens is 3. The number of nitrogen functional groups attached to an aromatic ring is 1. The van der Waals surface area contributed by atoms with Crippen molar-refractivity contribution in [2.24, 2.45) is 0 Å². The van der Waals surface area contributed by atoms with Crippen LogP contribution in [0.25, 0.3) is 0 Å². The molecule has 112 valence electrons. The summed E-state index contributed by atoms with van der Waals surface area (Å²) in [5.74, 6) is 1.24. The number of carbonyl (C=O) groups excluding carboxylic acids is 1. The molecule has 0 radical (unpaired) electrons. The summed E-state index contributed by atoms with van der Waals surface area (Å²) in [5, 5.41) is 7.61. The van der Waals surface area contributed by atoms with Gasteiger partial charge in [-0.3, -0.25) is 4.79 Å². The average molecular weight is 328 g/mol. The molecule has 0 unspecified atom stereocenters. The highest BCUT2D eigenvalue weighted by Crippen LogP contribution is 2.32. The van der Waals surface area contributed by atoms with Crippen LogP contribution in [0.15, 0.2) is 12.1 Å². The highest BCUT2D eigenvalue weighted by atomic mass is 35.5. The van der Waals surface area contributed by atoms with Gasteiger partial charge in [-0.2, -0.15) is 5.10 Å². The smallest absolute Gasteiger partial charge is 0.226 e. The molecule has 0 aliphatic carbocycles. The maximum absolute atomic E-state index is 12.0. The van der Waals surface area contributed by atoms with Crippen molar-refractivity contribution < 1.29 is 4.79 Å². The van der Waals surface area contributed by atoms with Gasteiger partial charge >= 0.3 is 0 Å². The Morgan fingerprint density at radius 2 is 2.10 bits per heavy atom. The fraction of sp³-hybridized carbons (Fsp3) is 0.308. The van der Waals surface area contributed by atoms with Gasteiger partial charge in [0.05, 0.1) is 22.9 Å². The van der Waals surface area contributed by atoms with E-state index in [4.69, 9.17) is 28.9 Å². The van der Waals surface area contributed by atoms with E-state index in [1.165, 1.54) is 12.1 Å². The molecule has 3 N–H and O–H groups in total. The van der Waals surface area contributed by atoms with Crippen LogP contribution in [0, 0.1) is 13.8 Å². The largest absolute Gasteiger partial charge is 0.397 e. The number of rotatable bonds is 4. The van der Waals surface area contributed by atoms with Gasteiger partial charge < -0.3 is 11.1 Å². The van der Waals surface area contributed by atoms with Crippen LogP contribution in [0.5, 0.6) is 0 Å². The van der Waals surface area contributed by atoms with Gasteiger partial charge in [-0.05, 0) is 26.0 Å². The van der Waals surface area contributed by atoms with Crippen LogP contribution < -0.4 is 11.1 Å². The second kappa shape index (κ2) is 6.32. The molecule has 8 heteroatoms. The van der Waals surface area contributed by atoms with Crippen molar-refractivity contribution in [2.45, 2.75) is 26.8 Å². The fourth-order valence-corrected chi connectivity index (χ4v) is 2.46. The molecule has 0 aliphatic rings. The minimum atomic E-state index is -0.210. The molecule has 0 spiro atoms. The van der Waals surface area contributed by atoms with Gasteiger partial charge in [0.25, 0.3) is 0 Å². The van der Waals surface area contributed by atoms with Crippen molar-refractivity contribution in [2.75, 3.05) is 11.1 Å². The lowest BCUT2D eigenvalue weighted by atomic mass is 10.2. The second-order valence-electron chi connectivity index (χ2n) is 4.58. The van der Waals surface area contributed by atoms with Crippen LogP contribution in [0.2, 0.25) is 10.0 Å². The number of carbonyl (C=O) groups is 1. The summed E-state index contributed by atoms with van der Waals surface area (Å²) in [6.45, 7) is 4.08. The fourth-order valence-electron chi connectivity index (χ4n) is 1.91. The van der Waals surface area contributed by atoms with Crippen LogP contribution in [-0.2, 0) is 11.3 Å². The lowest BCUT2D eigenvalue weighted by Gasteiger charge is -2.11. The SMILES string of the molecule is Cc1nc(C)n(CCC(=O)Nc2c(N)cc(Cl)cc2Cl)n1. The Hall–Kier alpha value is -1.79. The van der Waals surface area contributed by atoms with E-state index in [0.717, 1.165) is 5.82 Å². The summed E-state index contributed by atoms with van der Waals surface area (Å²) in [6.07, 6.45) is 0.238. The molecular formula is C13H15Cl2N5O. The zero-order chi connectivity index (χ0) is 15.6. The van der Waals surface area contributed by atoms with Gasteiger partial charge in [0.2, 0.25) is 5.91 Å². The highest BCUT2D eigenvalue weighted by molar-refractivity contribution is 6.37. The first-order valence-electron chi connectivity index (χ1n) is 6.29. The molecule has 0 saturated carbocycles. The van der Waals surface area contributed by atoms with Gasteiger partial charge in [0.1, 0.15) is 11.6 Å². The predicted molar refractivity (Wildman–Crippen MR) is 83.6 cm³/mol. The minimum absolute atomic E-state index is 0.210. The van der Waals surface area contributed by atoms with Crippen LogP contribution in [0.1, 0.15) is 18.1 Å². The second-order valence-corrected chi connectivity index (χ2v) is 5.42. The third-order valence-corrected chi connectivity index (χ3v) is 3.38. The Morgan fingerprint density at radius 1 is 1.38 bits per heavy atom. The Labute approximate surface area is 132 Å². The summed E-state index contributed by atoms with van der Waals surface area (Å²) in [5.41, 5.74) is 6.49. The minimum Gasteiger partial charge on any atom is -0.397 e. The van der Waals surface area contributed by atoms with E-state index in [1.54, 1.807) is 11.6 Å². The number of anilines is 2.